The van der Waals surface area contributed by atoms with E-state index in [2.05, 4.69) is 41.0 Å². The second-order valence-corrected chi connectivity index (χ2v) is 5.38. The smallest absolute Gasteiger partial charge is 0.0362 e. The van der Waals surface area contributed by atoms with Crippen molar-refractivity contribution in [2.24, 2.45) is 5.92 Å². The number of hydrogen-bond acceptors (Lipinski definition) is 3. The minimum Gasteiger partial charge on any atom is -0.313 e. The molecule has 13 heavy (non-hydrogen) atoms. The van der Waals surface area contributed by atoms with Gasteiger partial charge in [0.15, 0.2) is 0 Å². The lowest BCUT2D eigenvalue weighted by Crippen LogP contribution is -2.24. The maximum Gasteiger partial charge on any atom is 0.0362 e. The Morgan fingerprint density at radius 3 is 3.08 bits per heavy atom. The molecule has 0 amide bonds. The molecule has 1 saturated heterocycles. The van der Waals surface area contributed by atoms with E-state index < -0.39 is 0 Å². The molecule has 2 rings (SSSR count). The molecule has 1 aromatic heterocycles. The van der Waals surface area contributed by atoms with Crippen LogP contribution in [0.1, 0.15) is 18.0 Å². The standard InChI is InChI=1S/C10H15NS2/c1-11-10(8-2-4-12-6-8)9-3-5-13-7-9/h2,4,6,9-11H,3,5,7H2,1H3. The van der Waals surface area contributed by atoms with Crippen molar-refractivity contribution in [2.75, 3.05) is 18.6 Å². The Morgan fingerprint density at radius 1 is 1.62 bits per heavy atom. The molecule has 1 aromatic rings. The van der Waals surface area contributed by atoms with E-state index in [1.807, 2.05) is 0 Å². The van der Waals surface area contributed by atoms with E-state index in [0.29, 0.717) is 6.04 Å². The molecule has 3 heteroatoms. The Kier molecular flexibility index (Phi) is 3.30. The van der Waals surface area contributed by atoms with E-state index in [4.69, 9.17) is 0 Å². The van der Waals surface area contributed by atoms with Crippen molar-refractivity contribution in [3.63, 3.8) is 0 Å². The van der Waals surface area contributed by atoms with Crippen LogP contribution in [0.2, 0.25) is 0 Å². The fourth-order valence-corrected chi connectivity index (χ4v) is 3.94. The van der Waals surface area contributed by atoms with Crippen LogP contribution in [-0.2, 0) is 0 Å². The number of nitrogens with one attached hydrogen (secondary N) is 1. The van der Waals surface area contributed by atoms with Crippen molar-refractivity contribution in [2.45, 2.75) is 12.5 Å². The highest BCUT2D eigenvalue weighted by molar-refractivity contribution is 7.99. The van der Waals surface area contributed by atoms with Crippen molar-refractivity contribution < 1.29 is 0 Å². The second-order valence-electron chi connectivity index (χ2n) is 3.45. The first-order chi connectivity index (χ1) is 6.42. The molecular formula is C10H15NS2. The number of hydrogen-bond donors (Lipinski definition) is 1. The lowest BCUT2D eigenvalue weighted by atomic mass is 9.95. The molecule has 2 heterocycles. The molecule has 0 aliphatic carbocycles. The van der Waals surface area contributed by atoms with Gasteiger partial charge in [-0.3, -0.25) is 0 Å². The third-order valence-corrected chi connectivity index (χ3v) is 4.54. The summed E-state index contributed by atoms with van der Waals surface area (Å²) in [5.41, 5.74) is 1.47. The Labute approximate surface area is 87.9 Å². The van der Waals surface area contributed by atoms with Crippen LogP contribution in [0.5, 0.6) is 0 Å². The Bertz CT molecular complexity index is 239. The van der Waals surface area contributed by atoms with Gasteiger partial charge in [0.2, 0.25) is 0 Å². The summed E-state index contributed by atoms with van der Waals surface area (Å²) in [5, 5.41) is 7.88. The van der Waals surface area contributed by atoms with Crippen molar-refractivity contribution in [1.82, 2.24) is 5.32 Å². The molecule has 0 saturated carbocycles. The highest BCUT2D eigenvalue weighted by atomic mass is 32.2. The molecule has 1 aliphatic rings. The molecule has 2 atom stereocenters. The zero-order valence-corrected chi connectivity index (χ0v) is 9.46. The highest BCUT2D eigenvalue weighted by Gasteiger charge is 2.25. The monoisotopic (exact) mass is 213 g/mol. The average Bonchev–Trinajstić information content (AvgIpc) is 2.76. The van der Waals surface area contributed by atoms with Gasteiger partial charge in [-0.15, -0.1) is 0 Å². The van der Waals surface area contributed by atoms with Crippen LogP contribution in [0.3, 0.4) is 0 Å². The Balaban J connectivity index is 2.08. The number of thioether (sulfide) groups is 1. The lowest BCUT2D eigenvalue weighted by molar-refractivity contribution is 0.421. The van der Waals surface area contributed by atoms with Gasteiger partial charge in [0.25, 0.3) is 0 Å². The highest BCUT2D eigenvalue weighted by Crippen LogP contribution is 2.34. The zero-order chi connectivity index (χ0) is 9.10. The van der Waals surface area contributed by atoms with Crippen LogP contribution in [0.4, 0.5) is 0 Å². The maximum atomic E-state index is 3.44. The summed E-state index contributed by atoms with van der Waals surface area (Å²) >= 11 is 3.88. The summed E-state index contributed by atoms with van der Waals surface area (Å²) in [5.74, 6) is 3.50. The van der Waals surface area contributed by atoms with Crippen LogP contribution in [0, 0.1) is 5.92 Å². The summed E-state index contributed by atoms with van der Waals surface area (Å²) in [6.07, 6.45) is 1.37. The first kappa shape index (κ1) is 9.56. The minimum absolute atomic E-state index is 0.584. The first-order valence-electron chi connectivity index (χ1n) is 4.69. The van der Waals surface area contributed by atoms with E-state index >= 15 is 0 Å². The van der Waals surface area contributed by atoms with E-state index in [1.54, 1.807) is 11.3 Å². The average molecular weight is 213 g/mol. The molecule has 1 aliphatic heterocycles. The molecular weight excluding hydrogens is 198 g/mol. The van der Waals surface area contributed by atoms with Gasteiger partial charge in [-0.05, 0) is 53.3 Å². The number of thiophene rings is 1. The van der Waals surface area contributed by atoms with Gasteiger partial charge in [-0.25, -0.2) is 0 Å². The Morgan fingerprint density at radius 2 is 2.54 bits per heavy atom. The van der Waals surface area contributed by atoms with Gasteiger partial charge in [-0.2, -0.15) is 23.1 Å². The van der Waals surface area contributed by atoms with Gasteiger partial charge < -0.3 is 5.32 Å². The van der Waals surface area contributed by atoms with Crippen molar-refractivity contribution in [1.29, 1.82) is 0 Å². The van der Waals surface area contributed by atoms with Gasteiger partial charge in [0.05, 0.1) is 0 Å². The Hall–Kier alpha value is 0.01000. The maximum absolute atomic E-state index is 3.44. The molecule has 1 N–H and O–H groups in total. The van der Waals surface area contributed by atoms with E-state index in [-0.39, 0.29) is 0 Å². The summed E-state index contributed by atoms with van der Waals surface area (Å²) in [4.78, 5) is 0. The van der Waals surface area contributed by atoms with Crippen molar-refractivity contribution in [3.8, 4) is 0 Å². The van der Waals surface area contributed by atoms with Crippen LogP contribution in [-0.4, -0.2) is 18.6 Å². The van der Waals surface area contributed by atoms with Gasteiger partial charge >= 0.3 is 0 Å². The molecule has 1 nitrogen and oxygen atoms in total. The van der Waals surface area contributed by atoms with E-state index in [9.17, 15) is 0 Å². The summed E-state index contributed by atoms with van der Waals surface area (Å²) in [7, 11) is 2.07. The van der Waals surface area contributed by atoms with Gasteiger partial charge in [0, 0.05) is 6.04 Å². The molecule has 0 bridgehead atoms. The van der Waals surface area contributed by atoms with Crippen molar-refractivity contribution >= 4 is 23.1 Å². The third-order valence-electron chi connectivity index (χ3n) is 2.65. The van der Waals surface area contributed by atoms with Crippen LogP contribution in [0.25, 0.3) is 0 Å². The first-order valence-corrected chi connectivity index (χ1v) is 6.78. The van der Waals surface area contributed by atoms with E-state index in [1.165, 1.54) is 23.5 Å². The molecule has 1 fully saturated rings. The topological polar surface area (TPSA) is 12.0 Å². The molecule has 72 valence electrons. The van der Waals surface area contributed by atoms with Crippen LogP contribution in [0.15, 0.2) is 16.8 Å². The molecule has 2 unspecified atom stereocenters. The van der Waals surface area contributed by atoms with Gasteiger partial charge in [-0.1, -0.05) is 0 Å². The lowest BCUT2D eigenvalue weighted by Gasteiger charge is -2.21. The predicted molar refractivity (Wildman–Crippen MR) is 61.6 cm³/mol. The third kappa shape index (κ3) is 2.09. The van der Waals surface area contributed by atoms with Gasteiger partial charge in [0.1, 0.15) is 0 Å². The zero-order valence-electron chi connectivity index (χ0n) is 7.82. The van der Waals surface area contributed by atoms with Crippen molar-refractivity contribution in [3.05, 3.63) is 22.4 Å². The fourth-order valence-electron chi connectivity index (χ4n) is 1.94. The molecule has 0 radical (unpaired) electrons. The van der Waals surface area contributed by atoms with E-state index in [0.717, 1.165) is 5.92 Å². The number of rotatable bonds is 3. The summed E-state index contributed by atoms with van der Waals surface area (Å²) in [6, 6.07) is 2.83. The normalized spacial score (nSPS) is 24.8. The summed E-state index contributed by atoms with van der Waals surface area (Å²) < 4.78 is 0. The fraction of sp³-hybridized carbons (Fsp3) is 0.600. The quantitative estimate of drug-likeness (QED) is 0.828. The van der Waals surface area contributed by atoms with Crippen LogP contribution >= 0.6 is 23.1 Å². The largest absolute Gasteiger partial charge is 0.313 e. The summed E-state index contributed by atoms with van der Waals surface area (Å²) in [6.45, 7) is 0. The molecule has 0 spiro atoms. The molecule has 0 aromatic carbocycles. The second kappa shape index (κ2) is 4.49. The van der Waals surface area contributed by atoms with Crippen LogP contribution < -0.4 is 5.32 Å². The SMILES string of the molecule is CNC(c1ccsc1)C1CCSC1. The minimum atomic E-state index is 0.584. The predicted octanol–water partition coefficient (Wildman–Crippen LogP) is 2.76.